The van der Waals surface area contributed by atoms with E-state index in [1.807, 2.05) is 0 Å². The topological polar surface area (TPSA) is 78.9 Å². The van der Waals surface area contributed by atoms with E-state index in [9.17, 15) is 14.4 Å². The van der Waals surface area contributed by atoms with Gasteiger partial charge >= 0.3 is 17.9 Å². The summed E-state index contributed by atoms with van der Waals surface area (Å²) in [5.41, 5.74) is 0. The van der Waals surface area contributed by atoms with Crippen molar-refractivity contribution in [1.82, 2.24) is 0 Å². The highest BCUT2D eigenvalue weighted by Gasteiger charge is 2.19. The van der Waals surface area contributed by atoms with E-state index in [4.69, 9.17) is 14.2 Å². The zero-order valence-corrected chi connectivity index (χ0v) is 44.6. The van der Waals surface area contributed by atoms with Gasteiger partial charge in [0.05, 0.1) is 0 Å². The van der Waals surface area contributed by atoms with Crippen LogP contribution in [0, 0.1) is 11.8 Å². The molecular weight excluding hydrogens is 805 g/mol. The van der Waals surface area contributed by atoms with Crippen LogP contribution in [0.25, 0.3) is 0 Å². The lowest BCUT2D eigenvalue weighted by atomic mass is 9.99. The van der Waals surface area contributed by atoms with Crippen molar-refractivity contribution in [3.63, 3.8) is 0 Å². The molecule has 1 unspecified atom stereocenters. The van der Waals surface area contributed by atoms with E-state index in [0.29, 0.717) is 19.3 Å². The Kier molecular flexibility index (Phi) is 50.5. The number of hydrogen-bond donors (Lipinski definition) is 0. The number of carbonyl (C=O) groups excluding carboxylic acids is 3. The molecule has 0 amide bonds. The summed E-state index contributed by atoms with van der Waals surface area (Å²) < 4.78 is 16.9. The van der Waals surface area contributed by atoms with Crippen LogP contribution in [0.5, 0.6) is 0 Å². The molecule has 0 fully saturated rings. The Hall–Kier alpha value is -1.59. The number of ether oxygens (including phenoxy) is 3. The van der Waals surface area contributed by atoms with Crippen LogP contribution >= 0.6 is 0 Å². The molecule has 0 aromatic rings. The van der Waals surface area contributed by atoms with Crippen LogP contribution in [0.2, 0.25) is 0 Å². The molecule has 0 saturated carbocycles. The Labute approximate surface area is 406 Å². The van der Waals surface area contributed by atoms with Gasteiger partial charge in [-0.1, -0.05) is 291 Å². The molecule has 2 atom stereocenters. The van der Waals surface area contributed by atoms with E-state index < -0.39 is 6.10 Å². The Bertz CT molecular complexity index is 995. The van der Waals surface area contributed by atoms with Crippen molar-refractivity contribution in [3.8, 4) is 0 Å². The first-order chi connectivity index (χ1) is 31.8. The lowest BCUT2D eigenvalue weighted by molar-refractivity contribution is -0.167. The highest BCUT2D eigenvalue weighted by molar-refractivity contribution is 5.71. The first-order valence-electron chi connectivity index (χ1n) is 29.3. The van der Waals surface area contributed by atoms with Gasteiger partial charge in [0.2, 0.25) is 0 Å². The van der Waals surface area contributed by atoms with Crippen molar-refractivity contribution in [2.24, 2.45) is 11.8 Å². The molecule has 0 aromatic heterocycles. The molecule has 0 heterocycles. The van der Waals surface area contributed by atoms with E-state index in [2.05, 4.69) is 34.6 Å². The molecule has 6 nitrogen and oxygen atoms in total. The van der Waals surface area contributed by atoms with Crippen molar-refractivity contribution >= 4 is 17.9 Å². The first-order valence-corrected chi connectivity index (χ1v) is 29.3. The Morgan fingerprint density at radius 2 is 0.585 bits per heavy atom. The average molecular weight is 920 g/mol. The lowest BCUT2D eigenvalue weighted by Crippen LogP contribution is -2.30. The number of rotatable bonds is 53. The fourth-order valence-corrected chi connectivity index (χ4v) is 9.02. The van der Waals surface area contributed by atoms with E-state index in [-0.39, 0.29) is 31.1 Å². The van der Waals surface area contributed by atoms with Crippen molar-refractivity contribution < 1.29 is 28.6 Å². The molecule has 0 aliphatic carbocycles. The number of unbranched alkanes of at least 4 members (excludes halogenated alkanes) is 37. The highest BCUT2D eigenvalue weighted by atomic mass is 16.6. The predicted molar refractivity (Wildman–Crippen MR) is 280 cm³/mol. The summed E-state index contributed by atoms with van der Waals surface area (Å²) in [4.78, 5) is 38.1. The normalized spacial score (nSPS) is 12.5. The van der Waals surface area contributed by atoms with Crippen LogP contribution in [-0.4, -0.2) is 37.2 Å². The first kappa shape index (κ1) is 63.4. The van der Waals surface area contributed by atoms with Gasteiger partial charge in [-0.3, -0.25) is 14.4 Å². The van der Waals surface area contributed by atoms with Crippen LogP contribution in [0.3, 0.4) is 0 Å². The van der Waals surface area contributed by atoms with E-state index >= 15 is 0 Å². The Balaban J connectivity index is 4.28. The van der Waals surface area contributed by atoms with Crippen LogP contribution in [0.4, 0.5) is 0 Å². The van der Waals surface area contributed by atoms with E-state index in [1.165, 1.54) is 218 Å². The summed E-state index contributed by atoms with van der Waals surface area (Å²) in [6, 6.07) is 0. The van der Waals surface area contributed by atoms with Gasteiger partial charge in [0.15, 0.2) is 6.10 Å². The summed E-state index contributed by atoms with van der Waals surface area (Å²) in [7, 11) is 0. The van der Waals surface area contributed by atoms with Crippen LogP contribution in [0.1, 0.15) is 330 Å². The zero-order chi connectivity index (χ0) is 47.5. The monoisotopic (exact) mass is 919 g/mol. The van der Waals surface area contributed by atoms with E-state index in [1.54, 1.807) is 0 Å². The number of hydrogen-bond acceptors (Lipinski definition) is 6. The summed E-state index contributed by atoms with van der Waals surface area (Å²) in [5.74, 6) is 0.860. The van der Waals surface area contributed by atoms with Crippen molar-refractivity contribution in [3.05, 3.63) is 0 Å². The second-order valence-electron chi connectivity index (χ2n) is 21.0. The maximum atomic E-state index is 12.9. The SMILES string of the molecule is CCCCCCCCCCCCCCCCCCC(=O)OC[C@H](COC(=O)CCCCCCCCCCC(C)CC)OC(=O)CCCCCCCCCCCCCCCCCCC(C)C. The largest absolute Gasteiger partial charge is 0.462 e. The molecule has 0 bridgehead atoms. The van der Waals surface area contributed by atoms with Crippen molar-refractivity contribution in [2.45, 2.75) is 336 Å². The minimum atomic E-state index is -0.763. The lowest BCUT2D eigenvalue weighted by Gasteiger charge is -2.18. The third-order valence-electron chi connectivity index (χ3n) is 13.8. The number of esters is 3. The summed E-state index contributed by atoms with van der Waals surface area (Å²) in [5, 5.41) is 0. The molecule has 0 aromatic carbocycles. The maximum absolute atomic E-state index is 12.9. The molecule has 0 radical (unpaired) electrons. The second kappa shape index (κ2) is 51.8. The van der Waals surface area contributed by atoms with Gasteiger partial charge in [0.25, 0.3) is 0 Å². The molecule has 6 heteroatoms. The van der Waals surface area contributed by atoms with Gasteiger partial charge in [-0.15, -0.1) is 0 Å². The van der Waals surface area contributed by atoms with Crippen molar-refractivity contribution in [2.75, 3.05) is 13.2 Å². The second-order valence-corrected chi connectivity index (χ2v) is 21.0. The third-order valence-corrected chi connectivity index (χ3v) is 13.8. The van der Waals surface area contributed by atoms with Gasteiger partial charge in [0, 0.05) is 19.3 Å². The van der Waals surface area contributed by atoms with Gasteiger partial charge < -0.3 is 14.2 Å². The molecule has 65 heavy (non-hydrogen) atoms. The summed E-state index contributed by atoms with van der Waals surface area (Å²) >= 11 is 0. The molecule has 0 saturated heterocycles. The molecular formula is C59H114O6. The maximum Gasteiger partial charge on any atom is 0.306 e. The Morgan fingerprint density at radius 3 is 0.877 bits per heavy atom. The number of carbonyl (C=O) groups is 3. The molecule has 0 spiro atoms. The Morgan fingerprint density at radius 1 is 0.323 bits per heavy atom. The van der Waals surface area contributed by atoms with Gasteiger partial charge in [0.1, 0.15) is 13.2 Å². The summed E-state index contributed by atoms with van der Waals surface area (Å²) in [6.45, 7) is 11.4. The van der Waals surface area contributed by atoms with Gasteiger partial charge in [-0.05, 0) is 31.1 Å². The molecule has 0 aliphatic heterocycles. The highest BCUT2D eigenvalue weighted by Crippen LogP contribution is 2.19. The molecule has 0 rings (SSSR count). The molecule has 0 aliphatic rings. The smallest absolute Gasteiger partial charge is 0.306 e. The van der Waals surface area contributed by atoms with Crippen LogP contribution < -0.4 is 0 Å². The molecule has 386 valence electrons. The van der Waals surface area contributed by atoms with Crippen LogP contribution in [-0.2, 0) is 28.6 Å². The third kappa shape index (κ3) is 51.6. The zero-order valence-electron chi connectivity index (χ0n) is 44.6. The minimum Gasteiger partial charge on any atom is -0.462 e. The van der Waals surface area contributed by atoms with Gasteiger partial charge in [-0.25, -0.2) is 0 Å². The van der Waals surface area contributed by atoms with Crippen molar-refractivity contribution in [1.29, 1.82) is 0 Å². The average Bonchev–Trinajstić information content (AvgIpc) is 3.29. The minimum absolute atomic E-state index is 0.0629. The standard InChI is InChI=1S/C59H114O6/c1-6-8-9-10-11-12-13-14-15-19-22-25-28-34-39-44-49-57(60)63-52-56(53-64-58(61)50-45-40-35-31-30-33-38-43-48-55(5)7-2)65-59(62)51-46-41-36-29-26-23-20-17-16-18-21-24-27-32-37-42-47-54(3)4/h54-56H,6-53H2,1-5H3/t55?,56-/m1/s1. The van der Waals surface area contributed by atoms with Crippen LogP contribution in [0.15, 0.2) is 0 Å². The fourth-order valence-electron chi connectivity index (χ4n) is 9.02. The fraction of sp³-hybridized carbons (Fsp3) is 0.949. The van der Waals surface area contributed by atoms with E-state index in [0.717, 1.165) is 69.6 Å². The van der Waals surface area contributed by atoms with Gasteiger partial charge in [-0.2, -0.15) is 0 Å². The quantitative estimate of drug-likeness (QED) is 0.0344. The molecule has 0 N–H and O–H groups in total. The predicted octanol–water partition coefficient (Wildman–Crippen LogP) is 19.3. The summed E-state index contributed by atoms with van der Waals surface area (Å²) in [6.07, 6.45) is 55.2.